The Hall–Kier alpha value is -1.33. The molecule has 4 nitrogen and oxygen atoms in total. The molecular weight excluding hydrogens is 234 g/mol. The Kier molecular flexibility index (Phi) is 4.17. The van der Waals surface area contributed by atoms with E-state index in [1.54, 1.807) is 11.8 Å². The van der Waals surface area contributed by atoms with Gasteiger partial charge in [0.2, 0.25) is 5.89 Å². The lowest BCUT2D eigenvalue weighted by molar-refractivity contribution is 0.363. The molecule has 2 N–H and O–H groups in total. The van der Waals surface area contributed by atoms with Crippen molar-refractivity contribution in [3.63, 3.8) is 0 Å². The molecule has 0 saturated carbocycles. The smallest absolute Gasteiger partial charge is 0.248 e. The van der Waals surface area contributed by atoms with E-state index < -0.39 is 0 Å². The molecule has 0 amide bonds. The molecule has 1 heterocycles. The van der Waals surface area contributed by atoms with Gasteiger partial charge in [-0.25, -0.2) is 0 Å². The highest BCUT2D eigenvalue weighted by molar-refractivity contribution is 7.98. The third-order valence-electron chi connectivity index (χ3n) is 2.34. The zero-order valence-corrected chi connectivity index (χ0v) is 10.5. The lowest BCUT2D eigenvalue weighted by Crippen LogP contribution is -2.12. The normalized spacial score (nSPS) is 12.6. The Morgan fingerprint density at radius 1 is 1.35 bits per heavy atom. The summed E-state index contributed by atoms with van der Waals surface area (Å²) in [6, 6.07) is 9.40. The lowest BCUT2D eigenvalue weighted by Gasteiger charge is -2.05. The van der Waals surface area contributed by atoms with Crippen LogP contribution in [0.15, 0.2) is 34.9 Å². The highest BCUT2D eigenvalue weighted by Crippen LogP contribution is 2.18. The van der Waals surface area contributed by atoms with Crippen molar-refractivity contribution in [1.29, 1.82) is 0 Å². The lowest BCUT2D eigenvalue weighted by atomic mass is 10.1. The topological polar surface area (TPSA) is 64.9 Å². The molecule has 5 heteroatoms. The number of hydrogen-bond donors (Lipinski definition) is 1. The first-order valence-corrected chi connectivity index (χ1v) is 6.67. The Balaban J connectivity index is 2.09. The zero-order valence-electron chi connectivity index (χ0n) is 9.67. The number of aromatic nitrogens is 2. The summed E-state index contributed by atoms with van der Waals surface area (Å²) in [5.74, 6) is 2.98. The van der Waals surface area contributed by atoms with Gasteiger partial charge in [-0.05, 0) is 11.3 Å². The molecule has 0 spiro atoms. The number of nitrogens with zero attached hydrogens (tertiary/aromatic N) is 2. The maximum absolute atomic E-state index is 6.06. The molecule has 0 aliphatic rings. The first kappa shape index (κ1) is 12.1. The SMILES string of the molecule is CCSCc1noc([C@H](N)c2ccccc2)n1. The molecular formula is C12H15N3OS. The molecule has 90 valence electrons. The molecule has 0 bridgehead atoms. The molecule has 0 fully saturated rings. The summed E-state index contributed by atoms with van der Waals surface area (Å²) in [5, 5.41) is 3.91. The number of nitrogens with two attached hydrogens (primary N) is 1. The highest BCUT2D eigenvalue weighted by atomic mass is 32.2. The van der Waals surface area contributed by atoms with Gasteiger partial charge < -0.3 is 10.3 Å². The molecule has 0 aliphatic heterocycles. The Bertz CT molecular complexity index is 458. The van der Waals surface area contributed by atoms with Crippen LogP contribution >= 0.6 is 11.8 Å². The fourth-order valence-electron chi connectivity index (χ4n) is 1.45. The zero-order chi connectivity index (χ0) is 12.1. The molecule has 0 unspecified atom stereocenters. The van der Waals surface area contributed by atoms with E-state index in [9.17, 15) is 0 Å². The van der Waals surface area contributed by atoms with Crippen LogP contribution in [0.5, 0.6) is 0 Å². The first-order chi connectivity index (χ1) is 8.31. The van der Waals surface area contributed by atoms with E-state index in [1.807, 2.05) is 30.3 Å². The van der Waals surface area contributed by atoms with E-state index in [0.717, 1.165) is 17.1 Å². The summed E-state index contributed by atoms with van der Waals surface area (Å²) in [5.41, 5.74) is 7.03. The van der Waals surface area contributed by atoms with Crippen molar-refractivity contribution in [3.8, 4) is 0 Å². The summed E-state index contributed by atoms with van der Waals surface area (Å²) in [6.07, 6.45) is 0. The van der Waals surface area contributed by atoms with Gasteiger partial charge in [-0.1, -0.05) is 42.4 Å². The van der Waals surface area contributed by atoms with Crippen LogP contribution in [-0.2, 0) is 5.75 Å². The van der Waals surface area contributed by atoms with Crippen LogP contribution in [0.1, 0.15) is 30.2 Å². The minimum Gasteiger partial charge on any atom is -0.337 e. The van der Waals surface area contributed by atoms with Crippen molar-refractivity contribution in [2.75, 3.05) is 5.75 Å². The Morgan fingerprint density at radius 2 is 2.12 bits per heavy atom. The fourth-order valence-corrected chi connectivity index (χ4v) is 1.95. The second-order valence-corrected chi connectivity index (χ2v) is 4.85. The standard InChI is InChI=1S/C12H15N3OS/c1-2-17-8-10-14-12(16-15-10)11(13)9-6-4-3-5-7-9/h3-7,11H,2,8,13H2,1H3/t11-/m1/s1. The van der Waals surface area contributed by atoms with Gasteiger partial charge in [0.15, 0.2) is 5.82 Å². The van der Waals surface area contributed by atoms with Crippen molar-refractivity contribution in [3.05, 3.63) is 47.6 Å². The van der Waals surface area contributed by atoms with Gasteiger partial charge in [-0.15, -0.1) is 0 Å². The minimum atomic E-state index is -0.343. The van der Waals surface area contributed by atoms with Gasteiger partial charge in [0.05, 0.1) is 5.75 Å². The summed E-state index contributed by atoms with van der Waals surface area (Å²) in [6.45, 7) is 2.10. The summed E-state index contributed by atoms with van der Waals surface area (Å²) < 4.78 is 5.18. The predicted octanol–water partition coefficient (Wildman–Crippen LogP) is 2.37. The van der Waals surface area contributed by atoms with Gasteiger partial charge in [0, 0.05) is 0 Å². The van der Waals surface area contributed by atoms with Crippen LogP contribution in [-0.4, -0.2) is 15.9 Å². The van der Waals surface area contributed by atoms with Gasteiger partial charge in [-0.3, -0.25) is 0 Å². The summed E-state index contributed by atoms with van der Waals surface area (Å²) in [7, 11) is 0. The van der Waals surface area contributed by atoms with Crippen LogP contribution in [0.4, 0.5) is 0 Å². The molecule has 1 atom stereocenters. The molecule has 1 aromatic carbocycles. The van der Waals surface area contributed by atoms with Crippen molar-refractivity contribution in [2.45, 2.75) is 18.7 Å². The second kappa shape index (κ2) is 5.84. The third kappa shape index (κ3) is 3.08. The number of thioether (sulfide) groups is 1. The quantitative estimate of drug-likeness (QED) is 0.881. The molecule has 0 saturated heterocycles. The van der Waals surface area contributed by atoms with Crippen molar-refractivity contribution < 1.29 is 4.52 Å². The van der Waals surface area contributed by atoms with Gasteiger partial charge in [0.1, 0.15) is 6.04 Å². The van der Waals surface area contributed by atoms with Crippen LogP contribution in [0.25, 0.3) is 0 Å². The summed E-state index contributed by atoms with van der Waals surface area (Å²) >= 11 is 1.76. The van der Waals surface area contributed by atoms with E-state index in [4.69, 9.17) is 10.3 Å². The molecule has 1 aromatic heterocycles. The maximum atomic E-state index is 6.06. The maximum Gasteiger partial charge on any atom is 0.248 e. The molecule has 0 radical (unpaired) electrons. The predicted molar refractivity (Wildman–Crippen MR) is 68.6 cm³/mol. The Labute approximate surface area is 105 Å². The second-order valence-electron chi connectivity index (χ2n) is 3.57. The third-order valence-corrected chi connectivity index (χ3v) is 3.21. The van der Waals surface area contributed by atoms with Crippen molar-refractivity contribution in [1.82, 2.24) is 10.1 Å². The number of benzene rings is 1. The van der Waals surface area contributed by atoms with E-state index >= 15 is 0 Å². The summed E-state index contributed by atoms with van der Waals surface area (Å²) in [4.78, 5) is 4.30. The van der Waals surface area contributed by atoms with Crippen molar-refractivity contribution >= 4 is 11.8 Å². The largest absolute Gasteiger partial charge is 0.337 e. The fraction of sp³-hybridized carbons (Fsp3) is 0.333. The van der Waals surface area contributed by atoms with Crippen LogP contribution in [0.2, 0.25) is 0 Å². The average molecular weight is 249 g/mol. The highest BCUT2D eigenvalue weighted by Gasteiger charge is 2.16. The molecule has 17 heavy (non-hydrogen) atoms. The average Bonchev–Trinajstić information content (AvgIpc) is 2.85. The molecule has 2 aromatic rings. The van der Waals surface area contributed by atoms with E-state index in [1.165, 1.54) is 0 Å². The van der Waals surface area contributed by atoms with E-state index in [2.05, 4.69) is 17.1 Å². The van der Waals surface area contributed by atoms with Gasteiger partial charge in [-0.2, -0.15) is 16.7 Å². The number of rotatable bonds is 5. The van der Waals surface area contributed by atoms with Crippen LogP contribution < -0.4 is 5.73 Å². The van der Waals surface area contributed by atoms with Gasteiger partial charge in [0.25, 0.3) is 0 Å². The van der Waals surface area contributed by atoms with E-state index in [-0.39, 0.29) is 6.04 Å². The minimum absolute atomic E-state index is 0.343. The Morgan fingerprint density at radius 3 is 2.82 bits per heavy atom. The molecule has 0 aliphatic carbocycles. The first-order valence-electron chi connectivity index (χ1n) is 5.52. The van der Waals surface area contributed by atoms with Crippen LogP contribution in [0, 0.1) is 0 Å². The van der Waals surface area contributed by atoms with Crippen molar-refractivity contribution in [2.24, 2.45) is 5.73 Å². The van der Waals surface area contributed by atoms with Crippen LogP contribution in [0.3, 0.4) is 0 Å². The monoisotopic (exact) mass is 249 g/mol. The van der Waals surface area contributed by atoms with Gasteiger partial charge >= 0.3 is 0 Å². The number of hydrogen-bond acceptors (Lipinski definition) is 5. The molecule has 2 rings (SSSR count). The van der Waals surface area contributed by atoms with E-state index in [0.29, 0.717) is 11.7 Å².